The van der Waals surface area contributed by atoms with Crippen LogP contribution in [0.2, 0.25) is 10.0 Å². The van der Waals surface area contributed by atoms with E-state index >= 15 is 0 Å². The second kappa shape index (κ2) is 9.97. The maximum atomic E-state index is 12.3. The van der Waals surface area contributed by atoms with Gasteiger partial charge in [0, 0.05) is 21.2 Å². The Morgan fingerprint density at radius 2 is 1.79 bits per heavy atom. The fourth-order valence-corrected chi connectivity index (χ4v) is 3.53. The minimum absolute atomic E-state index is 0.0820. The minimum atomic E-state index is -0.0820. The molecule has 3 nitrogen and oxygen atoms in total. The third-order valence-electron chi connectivity index (χ3n) is 4.16. The number of ketones is 1. The number of hydrogen-bond donors (Lipinski definition) is 0. The summed E-state index contributed by atoms with van der Waals surface area (Å²) in [4.78, 5) is 12.3. The second-order valence-electron chi connectivity index (χ2n) is 6.14. The number of halogens is 3. The normalized spacial score (nSPS) is 10.9. The molecule has 6 heteroatoms. The first kappa shape index (κ1) is 21.4. The van der Waals surface area contributed by atoms with Crippen molar-refractivity contribution in [2.45, 2.75) is 6.61 Å². The number of methoxy groups -OCH3 is 1. The van der Waals surface area contributed by atoms with Gasteiger partial charge in [0.1, 0.15) is 18.1 Å². The van der Waals surface area contributed by atoms with E-state index in [0.29, 0.717) is 33.7 Å². The Morgan fingerprint density at radius 3 is 2.45 bits per heavy atom. The van der Waals surface area contributed by atoms with Crippen molar-refractivity contribution in [1.82, 2.24) is 0 Å². The number of allylic oxidation sites excluding steroid dienone is 1. The molecule has 0 aromatic heterocycles. The molecule has 3 aromatic carbocycles. The van der Waals surface area contributed by atoms with Crippen LogP contribution in [0.25, 0.3) is 6.08 Å². The summed E-state index contributed by atoms with van der Waals surface area (Å²) < 4.78 is 11.7. The highest BCUT2D eigenvalue weighted by molar-refractivity contribution is 9.10. The van der Waals surface area contributed by atoms with Crippen LogP contribution in [0.4, 0.5) is 0 Å². The smallest absolute Gasteiger partial charge is 0.185 e. The van der Waals surface area contributed by atoms with E-state index in [1.54, 1.807) is 49.6 Å². The quantitative estimate of drug-likeness (QED) is 0.258. The summed E-state index contributed by atoms with van der Waals surface area (Å²) in [5.74, 6) is 1.31. The Labute approximate surface area is 188 Å². The van der Waals surface area contributed by atoms with Crippen LogP contribution in [0.5, 0.6) is 11.5 Å². The molecule has 0 spiro atoms. The van der Waals surface area contributed by atoms with Gasteiger partial charge in [0.15, 0.2) is 5.78 Å². The maximum absolute atomic E-state index is 12.3. The molecule has 0 aliphatic heterocycles. The molecule has 3 aromatic rings. The van der Waals surface area contributed by atoms with Gasteiger partial charge in [0.25, 0.3) is 0 Å². The van der Waals surface area contributed by atoms with Gasteiger partial charge in [-0.1, -0.05) is 41.4 Å². The molecule has 0 amide bonds. The fraction of sp³-hybridized carbons (Fsp3) is 0.0870. The van der Waals surface area contributed by atoms with Crippen molar-refractivity contribution in [3.05, 3.63) is 97.9 Å². The zero-order valence-electron chi connectivity index (χ0n) is 15.5. The van der Waals surface area contributed by atoms with E-state index in [1.165, 1.54) is 6.08 Å². The number of carbonyl (C=O) groups is 1. The lowest BCUT2D eigenvalue weighted by molar-refractivity contribution is 0.104. The highest BCUT2D eigenvalue weighted by Gasteiger charge is 2.06. The van der Waals surface area contributed by atoms with E-state index in [0.717, 1.165) is 15.6 Å². The van der Waals surface area contributed by atoms with Crippen molar-refractivity contribution < 1.29 is 14.3 Å². The maximum Gasteiger partial charge on any atom is 0.185 e. The first-order valence-electron chi connectivity index (χ1n) is 8.69. The predicted octanol–water partition coefficient (Wildman–Crippen LogP) is 7.24. The van der Waals surface area contributed by atoms with Crippen molar-refractivity contribution in [3.8, 4) is 11.5 Å². The number of benzene rings is 3. The van der Waals surface area contributed by atoms with Gasteiger partial charge in [0.2, 0.25) is 0 Å². The molecule has 0 heterocycles. The summed E-state index contributed by atoms with van der Waals surface area (Å²) in [5.41, 5.74) is 2.31. The Hall–Kier alpha value is -2.27. The SMILES string of the molecule is COc1ccc(C(=O)/C=C/c2ccc(OCc3ccc(Cl)cc3Cl)c(Br)c2)cc1. The molecule has 0 saturated heterocycles. The zero-order valence-corrected chi connectivity index (χ0v) is 18.6. The molecule has 3 rings (SSSR count). The Bertz CT molecular complexity index is 1050. The number of carbonyl (C=O) groups excluding carboxylic acids is 1. The summed E-state index contributed by atoms with van der Waals surface area (Å²) in [6, 6.07) is 17.9. The van der Waals surface area contributed by atoms with E-state index in [-0.39, 0.29) is 5.78 Å². The molecule has 0 bridgehead atoms. The van der Waals surface area contributed by atoms with Crippen LogP contribution >= 0.6 is 39.1 Å². The highest BCUT2D eigenvalue weighted by Crippen LogP contribution is 2.29. The summed E-state index contributed by atoms with van der Waals surface area (Å²) in [7, 11) is 1.59. The van der Waals surface area contributed by atoms with E-state index < -0.39 is 0 Å². The Kier molecular flexibility index (Phi) is 7.37. The lowest BCUT2D eigenvalue weighted by atomic mass is 10.1. The molecule has 0 aliphatic carbocycles. The standard InChI is InChI=1S/C23H17BrCl2O3/c1-28-19-8-5-16(6-9-19)22(27)10-2-15-3-11-23(20(24)12-15)29-14-17-4-7-18(25)13-21(17)26/h2-13H,14H2,1H3/b10-2+. The van der Waals surface area contributed by atoms with Crippen molar-refractivity contribution in [2.75, 3.05) is 7.11 Å². The van der Waals surface area contributed by atoms with Gasteiger partial charge in [-0.05, 0) is 76.1 Å². The van der Waals surface area contributed by atoms with Crippen LogP contribution in [0.3, 0.4) is 0 Å². The van der Waals surface area contributed by atoms with Gasteiger partial charge < -0.3 is 9.47 Å². The van der Waals surface area contributed by atoms with Crippen LogP contribution in [-0.4, -0.2) is 12.9 Å². The summed E-state index contributed by atoms with van der Waals surface area (Å²) in [6.45, 7) is 0.319. The first-order chi connectivity index (χ1) is 14.0. The largest absolute Gasteiger partial charge is 0.497 e. The Balaban J connectivity index is 1.65. The van der Waals surface area contributed by atoms with Crippen LogP contribution in [0, 0.1) is 0 Å². The molecule has 0 N–H and O–H groups in total. The monoisotopic (exact) mass is 490 g/mol. The van der Waals surface area contributed by atoms with Gasteiger partial charge in [-0.2, -0.15) is 0 Å². The van der Waals surface area contributed by atoms with Crippen molar-refractivity contribution in [3.63, 3.8) is 0 Å². The summed E-state index contributed by atoms with van der Waals surface area (Å²) in [6.07, 6.45) is 3.30. The van der Waals surface area contributed by atoms with Crippen LogP contribution in [0.1, 0.15) is 21.5 Å². The van der Waals surface area contributed by atoms with Crippen molar-refractivity contribution >= 4 is 51.0 Å². The number of hydrogen-bond acceptors (Lipinski definition) is 3. The number of ether oxygens (including phenoxy) is 2. The summed E-state index contributed by atoms with van der Waals surface area (Å²) >= 11 is 15.6. The minimum Gasteiger partial charge on any atom is -0.497 e. The topological polar surface area (TPSA) is 35.5 Å². The van der Waals surface area contributed by atoms with Crippen LogP contribution in [0.15, 0.2) is 71.2 Å². The Morgan fingerprint density at radius 1 is 1.03 bits per heavy atom. The molecule has 0 fully saturated rings. The van der Waals surface area contributed by atoms with Gasteiger partial charge in [-0.25, -0.2) is 0 Å². The molecule has 29 heavy (non-hydrogen) atoms. The lowest BCUT2D eigenvalue weighted by Gasteiger charge is -2.10. The first-order valence-corrected chi connectivity index (χ1v) is 10.2. The van der Waals surface area contributed by atoms with Gasteiger partial charge in [0.05, 0.1) is 11.6 Å². The molecular formula is C23H17BrCl2O3. The fourth-order valence-electron chi connectivity index (χ4n) is 2.56. The van der Waals surface area contributed by atoms with Gasteiger partial charge in [-0.15, -0.1) is 0 Å². The second-order valence-corrected chi connectivity index (χ2v) is 7.84. The van der Waals surface area contributed by atoms with E-state index in [4.69, 9.17) is 32.7 Å². The third kappa shape index (κ3) is 5.86. The highest BCUT2D eigenvalue weighted by atomic mass is 79.9. The average Bonchev–Trinajstić information content (AvgIpc) is 2.72. The third-order valence-corrected chi connectivity index (χ3v) is 5.36. The lowest BCUT2D eigenvalue weighted by Crippen LogP contribution is -1.97. The van der Waals surface area contributed by atoms with Gasteiger partial charge >= 0.3 is 0 Å². The van der Waals surface area contributed by atoms with Crippen LogP contribution < -0.4 is 9.47 Å². The molecule has 0 saturated carbocycles. The molecule has 0 radical (unpaired) electrons. The van der Waals surface area contributed by atoms with E-state index in [1.807, 2.05) is 24.3 Å². The van der Waals surface area contributed by atoms with Crippen molar-refractivity contribution in [2.24, 2.45) is 0 Å². The number of rotatable bonds is 7. The van der Waals surface area contributed by atoms with Gasteiger partial charge in [-0.3, -0.25) is 4.79 Å². The van der Waals surface area contributed by atoms with E-state index in [9.17, 15) is 4.79 Å². The molecule has 148 valence electrons. The molecule has 0 aliphatic rings. The molecule has 0 unspecified atom stereocenters. The van der Waals surface area contributed by atoms with Crippen LogP contribution in [-0.2, 0) is 6.61 Å². The van der Waals surface area contributed by atoms with E-state index in [2.05, 4.69) is 15.9 Å². The molecule has 0 atom stereocenters. The summed E-state index contributed by atoms with van der Waals surface area (Å²) in [5, 5.41) is 1.14. The molecular weight excluding hydrogens is 475 g/mol. The zero-order chi connectivity index (χ0) is 20.8. The average molecular weight is 492 g/mol. The van der Waals surface area contributed by atoms with Crippen molar-refractivity contribution in [1.29, 1.82) is 0 Å². The predicted molar refractivity (Wildman–Crippen MR) is 121 cm³/mol.